The molecule has 6 heteroatoms. The summed E-state index contributed by atoms with van der Waals surface area (Å²) in [5.41, 5.74) is 1.89. The lowest BCUT2D eigenvalue weighted by molar-refractivity contribution is 0.125. The third-order valence-corrected chi connectivity index (χ3v) is 3.92. The molecule has 1 fully saturated rings. The molecule has 0 atom stereocenters. The van der Waals surface area contributed by atoms with Gasteiger partial charge in [-0.25, -0.2) is 4.79 Å². The number of alkyl carbamates (subject to hydrolysis) is 1. The Bertz CT molecular complexity index is 636. The van der Waals surface area contributed by atoms with E-state index in [0.717, 1.165) is 29.9 Å². The number of nitrogens with zero attached hydrogens (tertiary/aromatic N) is 1. The van der Waals surface area contributed by atoms with Crippen LogP contribution in [0.25, 0.3) is 0 Å². The van der Waals surface area contributed by atoms with Crippen molar-refractivity contribution in [2.45, 2.75) is 45.0 Å². The summed E-state index contributed by atoms with van der Waals surface area (Å²) >= 11 is 0. The summed E-state index contributed by atoms with van der Waals surface area (Å²) in [7, 11) is 0. The molecule has 1 aromatic carbocycles. The van der Waals surface area contributed by atoms with Gasteiger partial charge in [0.25, 0.3) is 0 Å². The van der Waals surface area contributed by atoms with Crippen molar-refractivity contribution in [3.63, 3.8) is 0 Å². The fraction of sp³-hybridized carbons (Fsp3) is 0.412. The van der Waals surface area contributed by atoms with Crippen molar-refractivity contribution in [2.75, 3.05) is 0 Å². The van der Waals surface area contributed by atoms with E-state index in [2.05, 4.69) is 15.8 Å². The maximum Gasteiger partial charge on any atom is 0.407 e. The summed E-state index contributed by atoms with van der Waals surface area (Å²) in [4.78, 5) is 11.7. The molecule has 23 heavy (non-hydrogen) atoms. The number of benzene rings is 1. The van der Waals surface area contributed by atoms with Gasteiger partial charge in [-0.1, -0.05) is 35.5 Å². The van der Waals surface area contributed by atoms with Gasteiger partial charge in [-0.15, -0.1) is 0 Å². The van der Waals surface area contributed by atoms with Crippen molar-refractivity contribution in [3.05, 3.63) is 53.4 Å². The van der Waals surface area contributed by atoms with Gasteiger partial charge in [0, 0.05) is 24.7 Å². The first-order valence-corrected chi connectivity index (χ1v) is 7.82. The lowest BCUT2D eigenvalue weighted by atomic mass is 9.87. The first-order chi connectivity index (χ1) is 11.2. The molecule has 1 saturated carbocycles. The number of carbonyl (C=O) groups excluding carboxylic acids is 1. The van der Waals surface area contributed by atoms with Gasteiger partial charge in [-0.3, -0.25) is 0 Å². The fourth-order valence-corrected chi connectivity index (χ4v) is 2.58. The third kappa shape index (κ3) is 4.56. The molecule has 6 nitrogen and oxygen atoms in total. The molecule has 1 amide bonds. The molecule has 0 bridgehead atoms. The first-order valence-electron chi connectivity index (χ1n) is 7.82. The van der Waals surface area contributed by atoms with Crippen LogP contribution in [0.4, 0.5) is 4.79 Å². The molecule has 0 unspecified atom stereocenters. The van der Waals surface area contributed by atoms with E-state index in [1.807, 2.05) is 43.3 Å². The third-order valence-electron chi connectivity index (χ3n) is 3.92. The second kappa shape index (κ2) is 7.28. The van der Waals surface area contributed by atoms with Crippen molar-refractivity contribution < 1.29 is 14.1 Å². The number of hydrogen-bond acceptors (Lipinski definition) is 5. The molecule has 3 rings (SSSR count). The highest BCUT2D eigenvalue weighted by molar-refractivity contribution is 5.67. The molecule has 1 aliphatic carbocycles. The minimum Gasteiger partial charge on any atom is -0.445 e. The quantitative estimate of drug-likeness (QED) is 0.856. The molecule has 0 aliphatic heterocycles. The summed E-state index contributed by atoms with van der Waals surface area (Å²) in [6.45, 7) is 2.86. The molecule has 1 aromatic heterocycles. The highest BCUT2D eigenvalue weighted by Crippen LogP contribution is 2.20. The Kier molecular flexibility index (Phi) is 4.92. The van der Waals surface area contributed by atoms with Crippen LogP contribution >= 0.6 is 0 Å². The predicted molar refractivity (Wildman–Crippen MR) is 84.7 cm³/mol. The fourth-order valence-electron chi connectivity index (χ4n) is 2.58. The van der Waals surface area contributed by atoms with Crippen molar-refractivity contribution >= 4 is 6.09 Å². The van der Waals surface area contributed by atoms with E-state index >= 15 is 0 Å². The lowest BCUT2D eigenvalue weighted by Gasteiger charge is -2.35. The molecule has 2 N–H and O–H groups in total. The van der Waals surface area contributed by atoms with E-state index in [1.165, 1.54) is 0 Å². The van der Waals surface area contributed by atoms with Crippen LogP contribution in [0.15, 0.2) is 40.9 Å². The van der Waals surface area contributed by atoms with E-state index < -0.39 is 0 Å². The van der Waals surface area contributed by atoms with E-state index in [1.54, 1.807) is 0 Å². The Labute approximate surface area is 135 Å². The normalized spacial score (nSPS) is 19.9. The number of hydrogen-bond donors (Lipinski definition) is 2. The summed E-state index contributed by atoms with van der Waals surface area (Å²) in [5.74, 6) is 0.816. The Morgan fingerprint density at radius 1 is 1.30 bits per heavy atom. The van der Waals surface area contributed by atoms with Gasteiger partial charge in [-0.05, 0) is 25.3 Å². The number of amides is 1. The minimum atomic E-state index is -0.357. The van der Waals surface area contributed by atoms with Crippen molar-refractivity contribution in [2.24, 2.45) is 0 Å². The van der Waals surface area contributed by atoms with Crippen LogP contribution in [0.1, 0.15) is 29.9 Å². The van der Waals surface area contributed by atoms with Crippen LogP contribution in [0.5, 0.6) is 0 Å². The number of aryl methyl sites for hydroxylation is 1. The molecule has 2 aromatic rings. The van der Waals surface area contributed by atoms with Crippen LogP contribution in [0, 0.1) is 6.92 Å². The summed E-state index contributed by atoms with van der Waals surface area (Å²) in [6, 6.07) is 12.1. The number of aromatic nitrogens is 1. The highest BCUT2D eigenvalue weighted by Gasteiger charge is 2.30. The topological polar surface area (TPSA) is 76.4 Å². The zero-order valence-electron chi connectivity index (χ0n) is 13.1. The Hall–Kier alpha value is -2.34. The zero-order chi connectivity index (χ0) is 16.1. The molecule has 122 valence electrons. The zero-order valence-corrected chi connectivity index (χ0v) is 13.1. The van der Waals surface area contributed by atoms with Crippen molar-refractivity contribution in [1.82, 2.24) is 15.8 Å². The van der Waals surface area contributed by atoms with Gasteiger partial charge >= 0.3 is 6.09 Å². The SMILES string of the molecule is Cc1cc(CNC2CC(NC(=O)OCc3ccccc3)C2)no1. The Morgan fingerprint density at radius 3 is 2.78 bits per heavy atom. The second-order valence-electron chi connectivity index (χ2n) is 5.88. The van der Waals surface area contributed by atoms with Gasteiger partial charge in [0.05, 0.1) is 5.69 Å². The molecule has 0 saturated heterocycles. The maximum atomic E-state index is 11.7. The van der Waals surface area contributed by atoms with E-state index in [-0.39, 0.29) is 12.1 Å². The first kappa shape index (κ1) is 15.6. The van der Waals surface area contributed by atoms with Gasteiger partial charge in [0.1, 0.15) is 12.4 Å². The number of ether oxygens (including phenoxy) is 1. The van der Waals surface area contributed by atoms with E-state index in [4.69, 9.17) is 9.26 Å². The van der Waals surface area contributed by atoms with Crippen LogP contribution in [0.3, 0.4) is 0 Å². The summed E-state index contributed by atoms with van der Waals surface area (Å²) < 4.78 is 10.2. The van der Waals surface area contributed by atoms with Crippen LogP contribution < -0.4 is 10.6 Å². The maximum absolute atomic E-state index is 11.7. The van der Waals surface area contributed by atoms with Gasteiger partial charge in [0.2, 0.25) is 0 Å². The average Bonchev–Trinajstić information content (AvgIpc) is 2.94. The van der Waals surface area contributed by atoms with Crippen LogP contribution in [-0.2, 0) is 17.9 Å². The Balaban J connectivity index is 1.30. The predicted octanol–water partition coefficient (Wildman–Crippen LogP) is 2.53. The van der Waals surface area contributed by atoms with Crippen molar-refractivity contribution in [3.8, 4) is 0 Å². The summed E-state index contributed by atoms with van der Waals surface area (Å²) in [5, 5.41) is 10.2. The smallest absolute Gasteiger partial charge is 0.407 e. The summed E-state index contributed by atoms with van der Waals surface area (Å²) in [6.07, 6.45) is 1.44. The van der Waals surface area contributed by atoms with Gasteiger partial charge in [-0.2, -0.15) is 0 Å². The van der Waals surface area contributed by atoms with Crippen LogP contribution in [-0.4, -0.2) is 23.3 Å². The molecular formula is C17H21N3O3. The molecule has 1 aliphatic rings. The second-order valence-corrected chi connectivity index (χ2v) is 5.88. The highest BCUT2D eigenvalue weighted by atomic mass is 16.5. The molecule has 1 heterocycles. The van der Waals surface area contributed by atoms with Crippen molar-refractivity contribution in [1.29, 1.82) is 0 Å². The number of carbonyl (C=O) groups is 1. The molecule has 0 radical (unpaired) electrons. The van der Waals surface area contributed by atoms with Gasteiger partial charge in [0.15, 0.2) is 0 Å². The largest absolute Gasteiger partial charge is 0.445 e. The average molecular weight is 315 g/mol. The Morgan fingerprint density at radius 2 is 2.09 bits per heavy atom. The standard InChI is InChI=1S/C17H21N3O3/c1-12-7-16(20-23-12)10-18-14-8-15(9-14)19-17(21)22-11-13-5-3-2-4-6-13/h2-7,14-15,18H,8-11H2,1H3,(H,19,21). The van der Waals surface area contributed by atoms with Crippen LogP contribution in [0.2, 0.25) is 0 Å². The molecular weight excluding hydrogens is 294 g/mol. The van der Waals surface area contributed by atoms with E-state index in [0.29, 0.717) is 19.2 Å². The van der Waals surface area contributed by atoms with E-state index in [9.17, 15) is 4.79 Å². The number of rotatable bonds is 6. The molecule has 0 spiro atoms. The lowest BCUT2D eigenvalue weighted by Crippen LogP contribution is -2.52. The minimum absolute atomic E-state index is 0.176. The number of nitrogens with one attached hydrogen (secondary N) is 2. The van der Waals surface area contributed by atoms with Gasteiger partial charge < -0.3 is 19.9 Å². The monoisotopic (exact) mass is 315 g/mol.